The number of rotatable bonds is 5. The summed E-state index contributed by atoms with van der Waals surface area (Å²) in [5, 5.41) is 6.15. The molecule has 2 saturated heterocycles. The highest BCUT2D eigenvalue weighted by Gasteiger charge is 2.20. The molecule has 24 heavy (non-hydrogen) atoms. The summed E-state index contributed by atoms with van der Waals surface area (Å²) in [7, 11) is 0. The van der Waals surface area contributed by atoms with Crippen LogP contribution in [0, 0.1) is 5.92 Å². The van der Waals surface area contributed by atoms with Gasteiger partial charge in [-0.25, -0.2) is 0 Å². The number of hydrogen-bond acceptors (Lipinski definition) is 4. The molecule has 3 rings (SSSR count). The predicted octanol–water partition coefficient (Wildman–Crippen LogP) is 1.52. The van der Waals surface area contributed by atoms with Gasteiger partial charge in [-0.05, 0) is 36.4 Å². The molecule has 2 aliphatic rings. The number of carbonyl (C=O) groups excluding carboxylic acids is 1. The van der Waals surface area contributed by atoms with Crippen LogP contribution in [0.15, 0.2) is 24.3 Å². The minimum absolute atomic E-state index is 0.0149. The number of amides is 1. The number of piperidine rings is 1. The second-order valence-electron chi connectivity index (χ2n) is 7.10. The molecule has 0 aliphatic carbocycles. The molecule has 2 fully saturated rings. The average Bonchev–Trinajstić information content (AvgIpc) is 2.62. The molecule has 2 unspecified atom stereocenters. The van der Waals surface area contributed by atoms with Crippen molar-refractivity contribution in [3.8, 4) is 0 Å². The Morgan fingerprint density at radius 1 is 1.33 bits per heavy atom. The first-order valence-corrected chi connectivity index (χ1v) is 9.10. The van der Waals surface area contributed by atoms with E-state index in [-0.39, 0.29) is 11.9 Å². The molecule has 2 heterocycles. The number of hydrogen-bond donors (Lipinski definition) is 2. The normalized spacial score (nSPS) is 25.4. The van der Waals surface area contributed by atoms with Gasteiger partial charge in [0.25, 0.3) is 0 Å². The molecule has 5 nitrogen and oxygen atoms in total. The number of nitrogens with one attached hydrogen (secondary N) is 2. The topological polar surface area (TPSA) is 53.6 Å². The van der Waals surface area contributed by atoms with Gasteiger partial charge in [-0.15, -0.1) is 0 Å². The zero-order valence-electron chi connectivity index (χ0n) is 14.6. The first-order chi connectivity index (χ1) is 11.7. The molecule has 0 bridgehead atoms. The minimum atomic E-state index is -0.223. The zero-order valence-corrected chi connectivity index (χ0v) is 14.6. The zero-order chi connectivity index (χ0) is 16.8. The van der Waals surface area contributed by atoms with Gasteiger partial charge in [0, 0.05) is 26.2 Å². The molecule has 1 aromatic carbocycles. The Hall–Kier alpha value is -1.43. The maximum Gasteiger partial charge on any atom is 0.239 e. The van der Waals surface area contributed by atoms with Crippen LogP contribution in [0.25, 0.3) is 0 Å². The number of nitrogens with zero attached hydrogens (tertiary/aromatic N) is 1. The fraction of sp³-hybridized carbons (Fsp3) is 0.632. The molecule has 0 radical (unpaired) electrons. The van der Waals surface area contributed by atoms with Crippen LogP contribution in [-0.4, -0.2) is 49.7 Å². The van der Waals surface area contributed by atoms with E-state index in [4.69, 9.17) is 4.74 Å². The summed E-state index contributed by atoms with van der Waals surface area (Å²) in [4.78, 5) is 14.6. The van der Waals surface area contributed by atoms with Crippen molar-refractivity contribution in [3.63, 3.8) is 0 Å². The van der Waals surface area contributed by atoms with E-state index in [1.807, 2.05) is 0 Å². The number of carbonyl (C=O) groups is 1. The lowest BCUT2D eigenvalue weighted by atomic mass is 9.99. The van der Waals surface area contributed by atoms with Crippen LogP contribution in [0.1, 0.15) is 30.9 Å². The number of benzene rings is 1. The van der Waals surface area contributed by atoms with Gasteiger partial charge in [-0.3, -0.25) is 9.69 Å². The Bertz CT molecular complexity index is 526. The molecule has 1 amide bonds. The smallest absolute Gasteiger partial charge is 0.239 e. The standard InChI is InChI=1S/C19H29N3O2/c1-15-3-2-9-22(12-15)13-17-6-4-16(5-7-17)11-21-19(23)18-14-24-10-8-20-18/h4-7,15,18,20H,2-3,8-14H2,1H3,(H,21,23). The second-order valence-corrected chi connectivity index (χ2v) is 7.10. The highest BCUT2D eigenvalue weighted by Crippen LogP contribution is 2.18. The Kier molecular flexibility index (Phi) is 6.24. The van der Waals surface area contributed by atoms with E-state index < -0.39 is 0 Å². The lowest BCUT2D eigenvalue weighted by Crippen LogP contribution is -2.51. The van der Waals surface area contributed by atoms with Crippen molar-refractivity contribution >= 4 is 5.91 Å². The number of morpholine rings is 1. The Labute approximate surface area is 144 Å². The molecule has 2 aliphatic heterocycles. The monoisotopic (exact) mass is 331 g/mol. The first-order valence-electron chi connectivity index (χ1n) is 9.10. The highest BCUT2D eigenvalue weighted by atomic mass is 16.5. The summed E-state index contributed by atoms with van der Waals surface area (Å²) >= 11 is 0. The van der Waals surface area contributed by atoms with Gasteiger partial charge in [-0.2, -0.15) is 0 Å². The van der Waals surface area contributed by atoms with Crippen LogP contribution in [0.4, 0.5) is 0 Å². The maximum atomic E-state index is 12.1. The fourth-order valence-corrected chi connectivity index (χ4v) is 3.50. The van der Waals surface area contributed by atoms with Gasteiger partial charge in [0.2, 0.25) is 5.91 Å². The average molecular weight is 331 g/mol. The van der Waals surface area contributed by atoms with Crippen molar-refractivity contribution in [1.29, 1.82) is 0 Å². The van der Waals surface area contributed by atoms with Crippen molar-refractivity contribution < 1.29 is 9.53 Å². The second kappa shape index (κ2) is 8.60. The quantitative estimate of drug-likeness (QED) is 0.859. The van der Waals surface area contributed by atoms with E-state index >= 15 is 0 Å². The fourth-order valence-electron chi connectivity index (χ4n) is 3.50. The third kappa shape index (κ3) is 5.03. The molecule has 2 N–H and O–H groups in total. The third-order valence-corrected chi connectivity index (χ3v) is 4.88. The summed E-state index contributed by atoms with van der Waals surface area (Å²) in [6, 6.07) is 8.38. The van der Waals surface area contributed by atoms with Crippen LogP contribution in [0.2, 0.25) is 0 Å². The van der Waals surface area contributed by atoms with Crippen molar-refractivity contribution in [2.75, 3.05) is 32.8 Å². The van der Waals surface area contributed by atoms with Gasteiger partial charge in [0.15, 0.2) is 0 Å². The lowest BCUT2D eigenvalue weighted by Gasteiger charge is -2.30. The van der Waals surface area contributed by atoms with E-state index in [1.54, 1.807) is 0 Å². The molecule has 0 saturated carbocycles. The van der Waals surface area contributed by atoms with Gasteiger partial charge in [0.05, 0.1) is 13.2 Å². The van der Waals surface area contributed by atoms with Gasteiger partial charge in [0.1, 0.15) is 6.04 Å². The van der Waals surface area contributed by atoms with Crippen molar-refractivity contribution in [2.24, 2.45) is 5.92 Å². The summed E-state index contributed by atoms with van der Waals surface area (Å²) < 4.78 is 5.32. The van der Waals surface area contributed by atoms with E-state index in [9.17, 15) is 4.79 Å². The summed E-state index contributed by atoms with van der Waals surface area (Å²) in [5.41, 5.74) is 2.48. The van der Waals surface area contributed by atoms with E-state index in [1.165, 1.54) is 31.5 Å². The Balaban J connectivity index is 1.44. The molecular formula is C19H29N3O2. The molecule has 0 spiro atoms. The largest absolute Gasteiger partial charge is 0.378 e. The third-order valence-electron chi connectivity index (χ3n) is 4.88. The summed E-state index contributed by atoms with van der Waals surface area (Å²) in [6.07, 6.45) is 2.67. The molecule has 2 atom stereocenters. The predicted molar refractivity (Wildman–Crippen MR) is 94.6 cm³/mol. The van der Waals surface area contributed by atoms with Crippen molar-refractivity contribution in [3.05, 3.63) is 35.4 Å². The highest BCUT2D eigenvalue weighted by molar-refractivity contribution is 5.81. The van der Waals surface area contributed by atoms with Crippen LogP contribution in [0.3, 0.4) is 0 Å². The maximum absolute atomic E-state index is 12.1. The molecule has 5 heteroatoms. The SMILES string of the molecule is CC1CCCN(Cc2ccc(CNC(=O)C3COCCN3)cc2)C1. The number of ether oxygens (including phenoxy) is 1. The van der Waals surface area contributed by atoms with E-state index in [0.29, 0.717) is 19.8 Å². The van der Waals surface area contributed by atoms with E-state index in [2.05, 4.69) is 46.7 Å². The number of likely N-dealkylation sites (tertiary alicyclic amines) is 1. The van der Waals surface area contributed by atoms with Crippen LogP contribution >= 0.6 is 0 Å². The van der Waals surface area contributed by atoms with E-state index in [0.717, 1.165) is 24.6 Å². The first kappa shape index (κ1) is 17.4. The van der Waals surface area contributed by atoms with Crippen LogP contribution in [-0.2, 0) is 22.6 Å². The summed E-state index contributed by atoms with van der Waals surface area (Å²) in [5.74, 6) is 0.826. The lowest BCUT2D eigenvalue weighted by molar-refractivity contribution is -0.126. The Morgan fingerprint density at radius 2 is 2.12 bits per heavy atom. The molecule has 132 valence electrons. The molecular weight excluding hydrogens is 302 g/mol. The van der Waals surface area contributed by atoms with Crippen molar-refractivity contribution in [1.82, 2.24) is 15.5 Å². The Morgan fingerprint density at radius 3 is 2.83 bits per heavy atom. The van der Waals surface area contributed by atoms with Crippen LogP contribution in [0.5, 0.6) is 0 Å². The van der Waals surface area contributed by atoms with Gasteiger partial charge in [-0.1, -0.05) is 31.2 Å². The van der Waals surface area contributed by atoms with Crippen molar-refractivity contribution in [2.45, 2.75) is 38.9 Å². The summed E-state index contributed by atoms with van der Waals surface area (Å²) in [6.45, 7) is 8.22. The van der Waals surface area contributed by atoms with Crippen LogP contribution < -0.4 is 10.6 Å². The van der Waals surface area contributed by atoms with Gasteiger partial charge >= 0.3 is 0 Å². The van der Waals surface area contributed by atoms with Gasteiger partial charge < -0.3 is 15.4 Å². The minimum Gasteiger partial charge on any atom is -0.378 e. The molecule has 0 aromatic heterocycles. The molecule has 1 aromatic rings.